The van der Waals surface area contributed by atoms with Crippen molar-refractivity contribution in [2.24, 2.45) is 5.73 Å². The number of halogens is 4. The molecule has 5 N–H and O–H groups in total. The summed E-state index contributed by atoms with van der Waals surface area (Å²) in [6, 6.07) is 12.5. The number of aromatic nitrogens is 2. The molecule has 0 saturated carbocycles. The molecule has 0 radical (unpaired) electrons. The number of primary amides is 1. The Bertz CT molecular complexity index is 1740. The lowest BCUT2D eigenvalue weighted by Gasteiger charge is -2.38. The van der Waals surface area contributed by atoms with Gasteiger partial charge in [0.25, 0.3) is 5.91 Å². The van der Waals surface area contributed by atoms with Crippen LogP contribution in [0.25, 0.3) is 16.6 Å². The molecular weight excluding hydrogens is 594 g/mol. The number of hydrogen-bond acceptors (Lipinski definition) is 6. The second-order valence-electron chi connectivity index (χ2n) is 11.7. The van der Waals surface area contributed by atoms with E-state index in [4.69, 9.17) is 10.5 Å². The summed E-state index contributed by atoms with van der Waals surface area (Å²) in [6.45, 7) is 5.28. The van der Waals surface area contributed by atoms with Gasteiger partial charge >= 0.3 is 6.18 Å². The largest absolute Gasteiger partial charge is 0.496 e. The minimum atomic E-state index is -5.04. The number of hydrogen-bond donors (Lipinski definition) is 4. The van der Waals surface area contributed by atoms with E-state index >= 15 is 0 Å². The van der Waals surface area contributed by atoms with Crippen LogP contribution in [0.15, 0.2) is 60.8 Å². The molecule has 2 atom stereocenters. The Balaban J connectivity index is 1.66. The molecule has 0 aliphatic rings. The van der Waals surface area contributed by atoms with Crippen molar-refractivity contribution in [3.8, 4) is 11.4 Å². The summed E-state index contributed by atoms with van der Waals surface area (Å²) in [5.74, 6) is -1.65. The van der Waals surface area contributed by atoms with E-state index in [1.807, 2.05) is 0 Å². The summed E-state index contributed by atoms with van der Waals surface area (Å²) in [5, 5.41) is 21.3. The Morgan fingerprint density at radius 1 is 1.11 bits per heavy atom. The Hall–Kier alpha value is -4.65. The number of amides is 2. The Morgan fingerprint density at radius 2 is 1.82 bits per heavy atom. The maximum Gasteiger partial charge on any atom is 0.418 e. The highest BCUT2D eigenvalue weighted by Gasteiger charge is 2.56. The first-order valence-electron chi connectivity index (χ1n) is 14.0. The molecule has 45 heavy (non-hydrogen) atoms. The van der Waals surface area contributed by atoms with E-state index in [2.05, 4.69) is 15.7 Å². The molecule has 1 heterocycles. The number of rotatable bonds is 11. The molecule has 4 aromatic rings. The highest BCUT2D eigenvalue weighted by atomic mass is 19.4. The van der Waals surface area contributed by atoms with Crippen LogP contribution in [0.5, 0.6) is 5.75 Å². The summed E-state index contributed by atoms with van der Waals surface area (Å²) >= 11 is 0. The molecule has 13 heteroatoms. The molecule has 9 nitrogen and oxygen atoms in total. The van der Waals surface area contributed by atoms with E-state index in [-0.39, 0.29) is 16.9 Å². The molecule has 240 valence electrons. The summed E-state index contributed by atoms with van der Waals surface area (Å²) in [5.41, 5.74) is 3.10. The molecular formula is C32H35F4N5O4. The topological polar surface area (TPSA) is 132 Å². The Morgan fingerprint density at radius 3 is 2.47 bits per heavy atom. The first-order chi connectivity index (χ1) is 21.0. The van der Waals surface area contributed by atoms with Gasteiger partial charge in [-0.25, -0.2) is 9.07 Å². The number of alkyl halides is 3. The monoisotopic (exact) mass is 629 g/mol. The first kappa shape index (κ1) is 33.2. The van der Waals surface area contributed by atoms with Crippen molar-refractivity contribution in [2.45, 2.75) is 57.3 Å². The Kier molecular flexibility index (Phi) is 9.15. The van der Waals surface area contributed by atoms with Crippen molar-refractivity contribution in [3.05, 3.63) is 83.3 Å². The van der Waals surface area contributed by atoms with Gasteiger partial charge in [-0.3, -0.25) is 9.59 Å². The maximum atomic E-state index is 14.5. The second kappa shape index (κ2) is 12.4. The van der Waals surface area contributed by atoms with Crippen molar-refractivity contribution in [1.29, 1.82) is 0 Å². The number of carbonyl (C=O) groups excluding carboxylic acids is 2. The zero-order valence-corrected chi connectivity index (χ0v) is 25.4. The average Bonchev–Trinajstić information content (AvgIpc) is 3.39. The summed E-state index contributed by atoms with van der Waals surface area (Å²) < 4.78 is 64.4. The van der Waals surface area contributed by atoms with Crippen LogP contribution in [0.3, 0.4) is 0 Å². The highest BCUT2D eigenvalue weighted by Crippen LogP contribution is 2.44. The van der Waals surface area contributed by atoms with Gasteiger partial charge in [-0.15, -0.1) is 0 Å². The van der Waals surface area contributed by atoms with Crippen molar-refractivity contribution in [3.63, 3.8) is 0 Å². The number of benzene rings is 3. The van der Waals surface area contributed by atoms with Crippen LogP contribution in [0, 0.1) is 12.7 Å². The minimum absolute atomic E-state index is 0.187. The minimum Gasteiger partial charge on any atom is -0.496 e. The van der Waals surface area contributed by atoms with E-state index in [1.54, 1.807) is 43.3 Å². The zero-order chi connectivity index (χ0) is 33.3. The van der Waals surface area contributed by atoms with Gasteiger partial charge in [-0.05, 0) is 79.8 Å². The average molecular weight is 630 g/mol. The van der Waals surface area contributed by atoms with Crippen molar-refractivity contribution < 1.29 is 37.0 Å². The van der Waals surface area contributed by atoms with Crippen LogP contribution in [-0.2, 0) is 10.2 Å². The van der Waals surface area contributed by atoms with Gasteiger partial charge in [-0.1, -0.05) is 19.9 Å². The first-order valence-corrected chi connectivity index (χ1v) is 14.0. The van der Waals surface area contributed by atoms with Crippen LogP contribution in [-0.4, -0.2) is 58.2 Å². The van der Waals surface area contributed by atoms with Gasteiger partial charge in [0.1, 0.15) is 17.6 Å². The Labute approximate surface area is 257 Å². The highest BCUT2D eigenvalue weighted by molar-refractivity contribution is 5.98. The van der Waals surface area contributed by atoms with Crippen LogP contribution in [0.4, 0.5) is 23.2 Å². The van der Waals surface area contributed by atoms with Crippen molar-refractivity contribution in [1.82, 2.24) is 15.1 Å². The summed E-state index contributed by atoms with van der Waals surface area (Å²) in [4.78, 5) is 24.0. The van der Waals surface area contributed by atoms with Gasteiger partial charge in [0, 0.05) is 22.2 Å². The molecule has 0 fully saturated rings. The van der Waals surface area contributed by atoms with Gasteiger partial charge in [-0.2, -0.15) is 18.3 Å². The summed E-state index contributed by atoms with van der Waals surface area (Å²) in [6.07, 6.45) is -4.38. The predicted molar refractivity (Wildman–Crippen MR) is 162 cm³/mol. The third-order valence-electron chi connectivity index (χ3n) is 7.68. The van der Waals surface area contributed by atoms with Crippen molar-refractivity contribution >= 4 is 28.4 Å². The molecule has 2 amide bonds. The van der Waals surface area contributed by atoms with E-state index in [0.29, 0.717) is 27.8 Å². The lowest BCUT2D eigenvalue weighted by atomic mass is 9.74. The van der Waals surface area contributed by atoms with Gasteiger partial charge in [0.2, 0.25) is 5.91 Å². The molecule has 0 spiro atoms. The number of carbonyl (C=O) groups is 2. The molecule has 3 aromatic carbocycles. The lowest BCUT2D eigenvalue weighted by Crippen LogP contribution is -2.53. The van der Waals surface area contributed by atoms with Crippen LogP contribution in [0.1, 0.15) is 48.7 Å². The third kappa shape index (κ3) is 7.03. The number of fused-ring (bicyclic) bond motifs is 1. The van der Waals surface area contributed by atoms with Crippen LogP contribution < -0.4 is 21.1 Å². The number of aliphatic hydroxyl groups is 1. The fourth-order valence-corrected chi connectivity index (χ4v) is 5.29. The molecule has 2 unspecified atom stereocenters. The standard InChI is InChI=1S/C32H35F4N5O4/c1-18-11-25(38-17-31(44,32(34,35)36)16-30(3,4)24-14-21(33)9-10-27(24)45-5)23-15-39-41(26(23)12-18)22-8-6-7-20(13-22)29(43)40-19(2)28(37)42/h6-15,19,38,44H,16-17H2,1-5H3,(H2,37,42)(H,40,43). The molecule has 0 bridgehead atoms. The van der Waals surface area contributed by atoms with Crippen LogP contribution >= 0.6 is 0 Å². The van der Waals surface area contributed by atoms with Gasteiger partial charge in [0.15, 0.2) is 5.60 Å². The van der Waals surface area contributed by atoms with Gasteiger partial charge in [0.05, 0.1) is 31.1 Å². The zero-order valence-electron chi connectivity index (χ0n) is 25.4. The summed E-state index contributed by atoms with van der Waals surface area (Å²) in [7, 11) is 1.34. The fourth-order valence-electron chi connectivity index (χ4n) is 5.29. The maximum absolute atomic E-state index is 14.5. The number of nitrogens with two attached hydrogens (primary N) is 1. The predicted octanol–water partition coefficient (Wildman–Crippen LogP) is 5.16. The quantitative estimate of drug-likeness (QED) is 0.170. The van der Waals surface area contributed by atoms with E-state index < -0.39 is 53.8 Å². The molecule has 0 aliphatic carbocycles. The normalized spacial score (nSPS) is 14.1. The molecule has 0 aliphatic heterocycles. The molecule has 4 rings (SSSR count). The fraction of sp³-hybridized carbons (Fsp3) is 0.344. The van der Waals surface area contributed by atoms with Crippen LogP contribution in [0.2, 0.25) is 0 Å². The molecule has 1 aromatic heterocycles. The number of nitrogens with one attached hydrogen (secondary N) is 2. The van der Waals surface area contributed by atoms with Gasteiger partial charge < -0.3 is 26.2 Å². The second-order valence-corrected chi connectivity index (χ2v) is 11.7. The SMILES string of the molecule is COc1ccc(F)cc1C(C)(C)CC(O)(CNc1cc(C)cc2c1cnn2-c1cccc(C(=O)NC(C)C(N)=O)c1)C(F)(F)F. The van der Waals surface area contributed by atoms with E-state index in [1.165, 1.54) is 44.8 Å². The smallest absolute Gasteiger partial charge is 0.418 e. The van der Waals surface area contributed by atoms with E-state index in [9.17, 15) is 32.3 Å². The van der Waals surface area contributed by atoms with Crippen molar-refractivity contribution in [2.75, 3.05) is 19.0 Å². The van der Waals surface area contributed by atoms with E-state index in [0.717, 1.165) is 12.1 Å². The number of ether oxygens (including phenoxy) is 1. The lowest BCUT2D eigenvalue weighted by molar-refractivity contribution is -0.260. The third-order valence-corrected chi connectivity index (χ3v) is 7.68. The number of methoxy groups -OCH3 is 1. The number of aryl methyl sites for hydroxylation is 1. The number of anilines is 1. The molecule has 0 saturated heterocycles. The number of nitrogens with zero attached hydrogens (tertiary/aromatic N) is 2.